The molecular weight excluding hydrogens is 286 g/mol. The number of nitrogens with zero attached hydrogens (tertiary/aromatic N) is 3. The summed E-state index contributed by atoms with van der Waals surface area (Å²) >= 11 is 0. The fourth-order valence-corrected chi connectivity index (χ4v) is 2.20. The highest BCUT2D eigenvalue weighted by atomic mass is 19.1. The molecule has 0 amide bonds. The van der Waals surface area contributed by atoms with Gasteiger partial charge in [-0.2, -0.15) is 5.10 Å². The lowest BCUT2D eigenvalue weighted by atomic mass is 10.3. The number of hydrogen-bond donors (Lipinski definition) is 1. The van der Waals surface area contributed by atoms with Gasteiger partial charge < -0.3 is 5.32 Å². The summed E-state index contributed by atoms with van der Waals surface area (Å²) in [5.74, 6) is -0.209. The molecule has 0 aliphatic rings. The summed E-state index contributed by atoms with van der Waals surface area (Å²) in [4.78, 5) is 4.40. The molecule has 0 bridgehead atoms. The van der Waals surface area contributed by atoms with E-state index in [0.717, 1.165) is 17.5 Å². The van der Waals surface area contributed by atoms with Crippen molar-refractivity contribution >= 4 is 11.5 Å². The molecule has 3 rings (SSSR count). The zero-order valence-electron chi connectivity index (χ0n) is 12.1. The Hall–Kier alpha value is -2.76. The molecule has 6 heteroatoms. The van der Waals surface area contributed by atoms with Crippen molar-refractivity contribution in [1.29, 1.82) is 0 Å². The molecule has 112 valence electrons. The van der Waals surface area contributed by atoms with Gasteiger partial charge in [0.05, 0.1) is 11.4 Å². The normalized spacial score (nSPS) is 10.7. The lowest BCUT2D eigenvalue weighted by Crippen LogP contribution is -2.04. The Morgan fingerprint density at radius 1 is 1.05 bits per heavy atom. The van der Waals surface area contributed by atoms with Crippen molar-refractivity contribution < 1.29 is 8.78 Å². The van der Waals surface area contributed by atoms with Crippen LogP contribution in [0.2, 0.25) is 0 Å². The van der Waals surface area contributed by atoms with Crippen LogP contribution in [0.5, 0.6) is 0 Å². The van der Waals surface area contributed by atoms with Gasteiger partial charge in [0.25, 0.3) is 0 Å². The zero-order chi connectivity index (χ0) is 15.7. The summed E-state index contributed by atoms with van der Waals surface area (Å²) in [5, 5.41) is 7.20. The number of nitrogens with one attached hydrogen (secondary N) is 1. The molecule has 2 heterocycles. The van der Waals surface area contributed by atoms with Crippen LogP contribution in [0, 0.1) is 25.5 Å². The Morgan fingerprint density at radius 2 is 1.86 bits per heavy atom. The van der Waals surface area contributed by atoms with E-state index in [4.69, 9.17) is 0 Å². The third kappa shape index (κ3) is 2.81. The van der Waals surface area contributed by atoms with Crippen LogP contribution >= 0.6 is 0 Å². The minimum absolute atomic E-state index is 0.166. The highest BCUT2D eigenvalue weighted by Crippen LogP contribution is 2.20. The quantitative estimate of drug-likeness (QED) is 0.797. The van der Waals surface area contributed by atoms with Crippen LogP contribution < -0.4 is 5.32 Å². The number of aryl methyl sites for hydroxylation is 2. The first-order valence-corrected chi connectivity index (χ1v) is 6.76. The maximum Gasteiger partial charge on any atom is 0.156 e. The molecule has 0 radical (unpaired) electrons. The summed E-state index contributed by atoms with van der Waals surface area (Å²) in [6.07, 6.45) is 0. The molecule has 0 aliphatic carbocycles. The average molecular weight is 300 g/mol. The van der Waals surface area contributed by atoms with E-state index in [1.54, 1.807) is 16.8 Å². The molecule has 0 fully saturated rings. The van der Waals surface area contributed by atoms with Crippen molar-refractivity contribution in [1.82, 2.24) is 14.8 Å². The average Bonchev–Trinajstić information content (AvgIpc) is 2.81. The summed E-state index contributed by atoms with van der Waals surface area (Å²) in [7, 11) is 0. The van der Waals surface area contributed by atoms with Crippen molar-refractivity contribution in [2.75, 3.05) is 5.32 Å². The zero-order valence-corrected chi connectivity index (χ0v) is 12.1. The predicted molar refractivity (Wildman–Crippen MR) is 80.5 cm³/mol. The van der Waals surface area contributed by atoms with Gasteiger partial charge in [0.15, 0.2) is 5.82 Å². The molecule has 2 aromatic heterocycles. The van der Waals surface area contributed by atoms with Crippen LogP contribution in [-0.2, 0) is 0 Å². The van der Waals surface area contributed by atoms with Gasteiger partial charge in [0.2, 0.25) is 0 Å². The molecule has 1 N–H and O–H groups in total. The maximum absolute atomic E-state index is 13.7. The molecule has 0 aliphatic heterocycles. The van der Waals surface area contributed by atoms with Gasteiger partial charge in [0.1, 0.15) is 17.5 Å². The third-order valence-electron chi connectivity index (χ3n) is 3.15. The first-order chi connectivity index (χ1) is 10.5. The molecule has 0 saturated carbocycles. The molecule has 3 aromatic rings. The number of aromatic nitrogens is 3. The second-order valence-corrected chi connectivity index (χ2v) is 4.97. The van der Waals surface area contributed by atoms with Gasteiger partial charge in [-0.1, -0.05) is 6.07 Å². The monoisotopic (exact) mass is 300 g/mol. The number of pyridine rings is 1. The maximum atomic E-state index is 13.7. The van der Waals surface area contributed by atoms with Crippen molar-refractivity contribution in [3.05, 3.63) is 65.5 Å². The molecule has 0 atom stereocenters. The molecule has 22 heavy (non-hydrogen) atoms. The van der Waals surface area contributed by atoms with Crippen LogP contribution in [-0.4, -0.2) is 14.8 Å². The molecule has 1 aromatic carbocycles. The molecule has 4 nitrogen and oxygen atoms in total. The van der Waals surface area contributed by atoms with Crippen LogP contribution in [0.15, 0.2) is 42.5 Å². The summed E-state index contributed by atoms with van der Waals surface area (Å²) in [6, 6.07) is 10.6. The smallest absolute Gasteiger partial charge is 0.156 e. The number of benzene rings is 1. The summed E-state index contributed by atoms with van der Waals surface area (Å²) < 4.78 is 28.3. The number of rotatable bonds is 3. The SMILES string of the molecule is Cc1cc(C)n(-c2cccc(Nc3ccc(F)cc3F)n2)n1. The summed E-state index contributed by atoms with van der Waals surface area (Å²) in [6.45, 7) is 3.83. The fraction of sp³-hybridized carbons (Fsp3) is 0.125. The number of halogens is 2. The van der Waals surface area contributed by atoms with Crippen LogP contribution in [0.3, 0.4) is 0 Å². The van der Waals surface area contributed by atoms with E-state index in [2.05, 4.69) is 15.4 Å². The predicted octanol–water partition coefficient (Wildman–Crippen LogP) is 3.91. The van der Waals surface area contributed by atoms with Gasteiger partial charge in [-0.05, 0) is 44.2 Å². The van der Waals surface area contributed by atoms with Crippen molar-refractivity contribution in [2.45, 2.75) is 13.8 Å². The van der Waals surface area contributed by atoms with Gasteiger partial charge in [-0.3, -0.25) is 0 Å². The van der Waals surface area contributed by atoms with Gasteiger partial charge in [0, 0.05) is 11.8 Å². The Labute approximate surface area is 126 Å². The summed E-state index contributed by atoms with van der Waals surface area (Å²) in [5.41, 5.74) is 2.01. The van der Waals surface area contributed by atoms with E-state index in [9.17, 15) is 8.78 Å². The first-order valence-electron chi connectivity index (χ1n) is 6.76. The van der Waals surface area contributed by atoms with E-state index in [1.807, 2.05) is 26.0 Å². The number of anilines is 2. The van der Waals surface area contributed by atoms with E-state index in [-0.39, 0.29) is 5.69 Å². The van der Waals surface area contributed by atoms with E-state index >= 15 is 0 Å². The molecule has 0 saturated heterocycles. The Bertz CT molecular complexity index is 827. The van der Waals surface area contributed by atoms with Crippen LogP contribution in [0.25, 0.3) is 5.82 Å². The standard InChI is InChI=1S/C16H14F2N4/c1-10-8-11(2)22(21-10)16-5-3-4-15(20-16)19-14-7-6-12(17)9-13(14)18/h3-9H,1-2H3,(H,19,20). The van der Waals surface area contributed by atoms with Crippen LogP contribution in [0.4, 0.5) is 20.3 Å². The van der Waals surface area contributed by atoms with Crippen LogP contribution in [0.1, 0.15) is 11.4 Å². The molecule has 0 unspecified atom stereocenters. The third-order valence-corrected chi connectivity index (χ3v) is 3.15. The highest BCUT2D eigenvalue weighted by molar-refractivity contribution is 5.57. The lowest BCUT2D eigenvalue weighted by molar-refractivity contribution is 0.586. The number of hydrogen-bond acceptors (Lipinski definition) is 3. The first kappa shape index (κ1) is 14.2. The van der Waals surface area contributed by atoms with Gasteiger partial charge in [-0.15, -0.1) is 0 Å². The minimum atomic E-state index is -0.668. The van der Waals surface area contributed by atoms with E-state index in [1.165, 1.54) is 12.1 Å². The van der Waals surface area contributed by atoms with Gasteiger partial charge >= 0.3 is 0 Å². The molecule has 0 spiro atoms. The Balaban J connectivity index is 1.93. The van der Waals surface area contributed by atoms with Crippen molar-refractivity contribution in [3.8, 4) is 5.82 Å². The largest absolute Gasteiger partial charge is 0.338 e. The lowest BCUT2D eigenvalue weighted by Gasteiger charge is -2.09. The topological polar surface area (TPSA) is 42.7 Å². The van der Waals surface area contributed by atoms with Crippen molar-refractivity contribution in [2.24, 2.45) is 0 Å². The minimum Gasteiger partial charge on any atom is -0.338 e. The Kier molecular flexibility index (Phi) is 3.58. The second kappa shape index (κ2) is 5.55. The van der Waals surface area contributed by atoms with E-state index in [0.29, 0.717) is 11.6 Å². The second-order valence-electron chi connectivity index (χ2n) is 4.97. The van der Waals surface area contributed by atoms with Crippen molar-refractivity contribution in [3.63, 3.8) is 0 Å². The van der Waals surface area contributed by atoms with Gasteiger partial charge in [-0.25, -0.2) is 18.4 Å². The molecular formula is C16H14F2N4. The Morgan fingerprint density at radius 3 is 2.55 bits per heavy atom. The fourth-order valence-electron chi connectivity index (χ4n) is 2.20. The van der Waals surface area contributed by atoms with E-state index < -0.39 is 11.6 Å². The highest BCUT2D eigenvalue weighted by Gasteiger charge is 2.08.